The first kappa shape index (κ1) is 10.1. The number of rotatable bonds is 3. The van der Waals surface area contributed by atoms with Gasteiger partial charge in [0.1, 0.15) is 18.3 Å². The molecule has 1 aliphatic heterocycles. The second-order valence-corrected chi connectivity index (χ2v) is 3.43. The zero-order valence-corrected chi connectivity index (χ0v) is 8.22. The van der Waals surface area contributed by atoms with Crippen molar-refractivity contribution in [2.75, 3.05) is 13.2 Å². The van der Waals surface area contributed by atoms with Crippen LogP contribution in [0.4, 0.5) is 0 Å². The van der Waals surface area contributed by atoms with Crippen molar-refractivity contribution in [3.05, 3.63) is 17.7 Å². The summed E-state index contributed by atoms with van der Waals surface area (Å²) in [5.74, 6) is -0.813. The summed E-state index contributed by atoms with van der Waals surface area (Å²) in [6.07, 6.45) is 1.58. The minimum Gasteiger partial charge on any atom is -0.481 e. The maximum absolute atomic E-state index is 11.0. The second-order valence-electron chi connectivity index (χ2n) is 3.43. The SMILES string of the molecule is NCC(C(=O)O)c1cnc2n1CCOC2. The number of carboxylic acids is 1. The van der Waals surface area contributed by atoms with Gasteiger partial charge in [-0.05, 0) is 0 Å². The van der Waals surface area contributed by atoms with E-state index >= 15 is 0 Å². The summed E-state index contributed by atoms with van der Waals surface area (Å²) in [5.41, 5.74) is 6.11. The van der Waals surface area contributed by atoms with E-state index in [0.717, 1.165) is 5.82 Å². The Morgan fingerprint density at radius 3 is 3.27 bits per heavy atom. The zero-order valence-electron chi connectivity index (χ0n) is 8.22. The molecule has 2 rings (SSSR count). The molecule has 0 spiro atoms. The molecule has 0 bridgehead atoms. The summed E-state index contributed by atoms with van der Waals surface area (Å²) in [6.45, 7) is 1.76. The Labute approximate surface area is 86.7 Å². The predicted molar refractivity (Wildman–Crippen MR) is 51.3 cm³/mol. The van der Waals surface area contributed by atoms with E-state index in [4.69, 9.17) is 15.6 Å². The van der Waals surface area contributed by atoms with Crippen molar-refractivity contribution in [2.24, 2.45) is 5.73 Å². The fraction of sp³-hybridized carbons (Fsp3) is 0.556. The van der Waals surface area contributed by atoms with Crippen LogP contribution in [0.2, 0.25) is 0 Å². The molecular formula is C9H13N3O3. The van der Waals surface area contributed by atoms with Crippen LogP contribution in [0.1, 0.15) is 17.4 Å². The number of nitrogens with zero attached hydrogens (tertiary/aromatic N) is 2. The lowest BCUT2D eigenvalue weighted by Gasteiger charge is -2.19. The van der Waals surface area contributed by atoms with Crippen molar-refractivity contribution >= 4 is 5.97 Å². The van der Waals surface area contributed by atoms with Crippen LogP contribution < -0.4 is 5.73 Å². The molecule has 0 aromatic carbocycles. The van der Waals surface area contributed by atoms with Gasteiger partial charge in [-0.1, -0.05) is 0 Å². The molecule has 1 aliphatic rings. The van der Waals surface area contributed by atoms with Gasteiger partial charge in [-0.2, -0.15) is 0 Å². The molecular weight excluding hydrogens is 198 g/mol. The summed E-state index contributed by atoms with van der Waals surface area (Å²) in [5, 5.41) is 8.99. The van der Waals surface area contributed by atoms with E-state index in [9.17, 15) is 4.79 Å². The van der Waals surface area contributed by atoms with Crippen molar-refractivity contribution in [1.82, 2.24) is 9.55 Å². The van der Waals surface area contributed by atoms with Crippen LogP contribution in [-0.2, 0) is 22.7 Å². The standard InChI is InChI=1S/C9H13N3O3/c10-3-6(9(13)14)7-4-11-8-5-15-2-1-12(7)8/h4,6H,1-3,5,10H2,(H,13,14). The Hall–Kier alpha value is -1.40. The molecule has 0 amide bonds. The Kier molecular flexibility index (Phi) is 2.70. The predicted octanol–water partition coefficient (Wildman–Crippen LogP) is -0.460. The third kappa shape index (κ3) is 1.73. The van der Waals surface area contributed by atoms with Crippen molar-refractivity contribution in [1.29, 1.82) is 0 Å². The van der Waals surface area contributed by atoms with E-state index < -0.39 is 11.9 Å². The monoisotopic (exact) mass is 211 g/mol. The average molecular weight is 211 g/mol. The topological polar surface area (TPSA) is 90.4 Å². The molecule has 6 nitrogen and oxygen atoms in total. The first-order valence-corrected chi connectivity index (χ1v) is 4.79. The highest BCUT2D eigenvalue weighted by atomic mass is 16.5. The highest BCUT2D eigenvalue weighted by Gasteiger charge is 2.25. The van der Waals surface area contributed by atoms with Gasteiger partial charge in [0.15, 0.2) is 0 Å². The van der Waals surface area contributed by atoms with Gasteiger partial charge in [-0.15, -0.1) is 0 Å². The number of nitrogens with two attached hydrogens (primary N) is 1. The Morgan fingerprint density at radius 1 is 1.80 bits per heavy atom. The van der Waals surface area contributed by atoms with Gasteiger partial charge >= 0.3 is 5.97 Å². The number of aliphatic carboxylic acids is 1. The third-order valence-electron chi connectivity index (χ3n) is 2.55. The highest BCUT2D eigenvalue weighted by Crippen LogP contribution is 2.19. The first-order chi connectivity index (χ1) is 7.24. The summed E-state index contributed by atoms with van der Waals surface area (Å²) in [4.78, 5) is 15.1. The van der Waals surface area contributed by atoms with E-state index in [2.05, 4.69) is 4.98 Å². The number of hydrogen-bond acceptors (Lipinski definition) is 4. The smallest absolute Gasteiger partial charge is 0.313 e. The van der Waals surface area contributed by atoms with E-state index in [1.165, 1.54) is 0 Å². The van der Waals surface area contributed by atoms with Crippen LogP contribution in [0.25, 0.3) is 0 Å². The van der Waals surface area contributed by atoms with Gasteiger partial charge < -0.3 is 20.1 Å². The normalized spacial score (nSPS) is 17.1. The van der Waals surface area contributed by atoms with Crippen LogP contribution >= 0.6 is 0 Å². The Balaban J connectivity index is 2.35. The number of hydrogen-bond donors (Lipinski definition) is 2. The molecule has 0 saturated carbocycles. The lowest BCUT2D eigenvalue weighted by atomic mass is 10.1. The lowest BCUT2D eigenvalue weighted by Crippen LogP contribution is -2.26. The molecule has 3 N–H and O–H groups in total. The molecule has 0 saturated heterocycles. The van der Waals surface area contributed by atoms with Crippen molar-refractivity contribution in [3.8, 4) is 0 Å². The average Bonchev–Trinajstić information content (AvgIpc) is 2.63. The van der Waals surface area contributed by atoms with Gasteiger partial charge in [0.25, 0.3) is 0 Å². The molecule has 15 heavy (non-hydrogen) atoms. The van der Waals surface area contributed by atoms with E-state index in [0.29, 0.717) is 25.5 Å². The summed E-state index contributed by atoms with van der Waals surface area (Å²) >= 11 is 0. The largest absolute Gasteiger partial charge is 0.481 e. The minimum absolute atomic E-state index is 0.0846. The minimum atomic E-state index is -0.910. The number of carboxylic acid groups (broad SMARTS) is 1. The fourth-order valence-electron chi connectivity index (χ4n) is 1.75. The lowest BCUT2D eigenvalue weighted by molar-refractivity contribution is -0.138. The molecule has 6 heteroatoms. The van der Waals surface area contributed by atoms with Crippen molar-refractivity contribution < 1.29 is 14.6 Å². The summed E-state index contributed by atoms with van der Waals surface area (Å²) in [6, 6.07) is 0. The van der Waals surface area contributed by atoms with Crippen molar-refractivity contribution in [2.45, 2.75) is 19.1 Å². The number of ether oxygens (including phenoxy) is 1. The van der Waals surface area contributed by atoms with Crippen LogP contribution in [-0.4, -0.2) is 33.8 Å². The first-order valence-electron chi connectivity index (χ1n) is 4.79. The second kappa shape index (κ2) is 4.00. The number of aromatic nitrogens is 2. The maximum atomic E-state index is 11.0. The van der Waals surface area contributed by atoms with Gasteiger partial charge in [-0.25, -0.2) is 4.98 Å². The fourth-order valence-corrected chi connectivity index (χ4v) is 1.75. The van der Waals surface area contributed by atoms with Gasteiger partial charge in [0.05, 0.1) is 12.3 Å². The van der Waals surface area contributed by atoms with Crippen LogP contribution in [0.5, 0.6) is 0 Å². The van der Waals surface area contributed by atoms with Crippen LogP contribution in [0.15, 0.2) is 6.20 Å². The van der Waals surface area contributed by atoms with Crippen molar-refractivity contribution in [3.63, 3.8) is 0 Å². The Morgan fingerprint density at radius 2 is 2.60 bits per heavy atom. The maximum Gasteiger partial charge on any atom is 0.313 e. The molecule has 1 aromatic heterocycles. The molecule has 0 aliphatic carbocycles. The van der Waals surface area contributed by atoms with Crippen LogP contribution in [0.3, 0.4) is 0 Å². The zero-order chi connectivity index (χ0) is 10.8. The van der Waals surface area contributed by atoms with E-state index in [1.807, 2.05) is 4.57 Å². The molecule has 0 radical (unpaired) electrons. The summed E-state index contributed by atoms with van der Waals surface area (Å²) < 4.78 is 7.11. The molecule has 0 fully saturated rings. The van der Waals surface area contributed by atoms with Gasteiger partial charge in [0.2, 0.25) is 0 Å². The van der Waals surface area contributed by atoms with Crippen LogP contribution in [0, 0.1) is 0 Å². The molecule has 1 atom stereocenters. The Bertz CT molecular complexity index is 375. The van der Waals surface area contributed by atoms with Gasteiger partial charge in [-0.3, -0.25) is 4.79 Å². The summed E-state index contributed by atoms with van der Waals surface area (Å²) in [7, 11) is 0. The number of fused-ring (bicyclic) bond motifs is 1. The van der Waals surface area contributed by atoms with Gasteiger partial charge in [0, 0.05) is 19.3 Å². The molecule has 2 heterocycles. The molecule has 82 valence electrons. The number of carbonyl (C=O) groups is 1. The third-order valence-corrected chi connectivity index (χ3v) is 2.55. The molecule has 1 unspecified atom stereocenters. The highest BCUT2D eigenvalue weighted by molar-refractivity contribution is 5.75. The molecule has 1 aromatic rings. The number of imidazole rings is 1. The quantitative estimate of drug-likeness (QED) is 0.706. The van der Waals surface area contributed by atoms with E-state index in [-0.39, 0.29) is 6.54 Å². The van der Waals surface area contributed by atoms with E-state index in [1.54, 1.807) is 6.20 Å².